The number of aromatic nitrogens is 3. The molecule has 0 fully saturated rings. The second-order valence-corrected chi connectivity index (χ2v) is 3.59. The quantitative estimate of drug-likeness (QED) is 0.529. The molecule has 1 unspecified atom stereocenters. The smallest absolute Gasteiger partial charge is 0.326 e. The van der Waals surface area contributed by atoms with Crippen molar-refractivity contribution < 1.29 is 14.7 Å². The molecule has 1 heterocycles. The summed E-state index contributed by atoms with van der Waals surface area (Å²) in [4.78, 5) is 22.4. The van der Waals surface area contributed by atoms with Gasteiger partial charge >= 0.3 is 5.97 Å². The molecule has 0 aromatic carbocycles. The van der Waals surface area contributed by atoms with Gasteiger partial charge in [-0.05, 0) is 6.42 Å². The minimum absolute atomic E-state index is 0.103. The molecule has 1 rings (SSSR count). The Bertz CT molecular complexity index is 442. The molecule has 98 valence electrons. The Morgan fingerprint density at radius 1 is 1.67 bits per heavy atom. The van der Waals surface area contributed by atoms with Crippen LogP contribution in [0.4, 0.5) is 0 Å². The van der Waals surface area contributed by atoms with E-state index in [1.54, 1.807) is 0 Å². The SMILES string of the molecule is C=CCC(NC(=O)Cn1cc(CN)nn1)C(=O)O. The standard InChI is InChI=1S/C10H15N5O3/c1-2-3-8(10(17)18)12-9(16)6-15-5-7(4-11)13-14-15/h2,5,8H,1,3-4,6,11H2,(H,12,16)(H,17,18). The van der Waals surface area contributed by atoms with Crippen LogP contribution in [0.15, 0.2) is 18.9 Å². The second-order valence-electron chi connectivity index (χ2n) is 3.59. The van der Waals surface area contributed by atoms with Crippen molar-refractivity contribution in [3.05, 3.63) is 24.5 Å². The van der Waals surface area contributed by atoms with Crippen molar-refractivity contribution in [3.8, 4) is 0 Å². The first-order chi connectivity index (χ1) is 8.56. The molecule has 0 spiro atoms. The van der Waals surface area contributed by atoms with Crippen molar-refractivity contribution >= 4 is 11.9 Å². The van der Waals surface area contributed by atoms with Gasteiger partial charge in [0.15, 0.2) is 0 Å². The molecule has 1 aromatic rings. The fraction of sp³-hybridized carbons (Fsp3) is 0.400. The van der Waals surface area contributed by atoms with Crippen molar-refractivity contribution in [1.82, 2.24) is 20.3 Å². The Labute approximate surface area is 103 Å². The highest BCUT2D eigenvalue weighted by Crippen LogP contribution is 1.95. The van der Waals surface area contributed by atoms with Gasteiger partial charge in [0.2, 0.25) is 5.91 Å². The molecular formula is C10H15N5O3. The number of carbonyl (C=O) groups is 2. The van der Waals surface area contributed by atoms with Gasteiger partial charge in [0, 0.05) is 6.54 Å². The maximum Gasteiger partial charge on any atom is 0.326 e. The highest BCUT2D eigenvalue weighted by atomic mass is 16.4. The average Bonchev–Trinajstić information content (AvgIpc) is 2.76. The fourth-order valence-corrected chi connectivity index (χ4v) is 1.28. The first kappa shape index (κ1) is 13.8. The van der Waals surface area contributed by atoms with Crippen molar-refractivity contribution in [2.24, 2.45) is 5.73 Å². The summed E-state index contributed by atoms with van der Waals surface area (Å²) in [6.45, 7) is 3.56. The molecule has 0 aliphatic heterocycles. The Hall–Kier alpha value is -2.22. The van der Waals surface area contributed by atoms with E-state index in [1.165, 1.54) is 17.0 Å². The molecular weight excluding hydrogens is 238 g/mol. The van der Waals surface area contributed by atoms with Crippen LogP contribution in [0.1, 0.15) is 12.1 Å². The monoisotopic (exact) mass is 253 g/mol. The number of aliphatic carboxylic acids is 1. The third kappa shape index (κ3) is 3.98. The van der Waals surface area contributed by atoms with Crippen LogP contribution in [0.5, 0.6) is 0 Å². The number of rotatable bonds is 7. The van der Waals surface area contributed by atoms with E-state index in [-0.39, 0.29) is 19.5 Å². The summed E-state index contributed by atoms with van der Waals surface area (Å²) in [5.41, 5.74) is 5.91. The lowest BCUT2D eigenvalue weighted by Gasteiger charge is -2.12. The third-order valence-electron chi connectivity index (χ3n) is 2.14. The number of carboxylic acids is 1. The molecule has 1 atom stereocenters. The molecule has 8 heteroatoms. The number of hydrogen-bond donors (Lipinski definition) is 3. The lowest BCUT2D eigenvalue weighted by molar-refractivity contribution is -0.141. The van der Waals surface area contributed by atoms with Crippen LogP contribution in [-0.2, 0) is 22.7 Å². The van der Waals surface area contributed by atoms with Gasteiger partial charge in [0.1, 0.15) is 12.6 Å². The molecule has 0 radical (unpaired) electrons. The summed E-state index contributed by atoms with van der Waals surface area (Å²) in [6, 6.07) is -0.979. The predicted molar refractivity (Wildman–Crippen MR) is 62.3 cm³/mol. The Morgan fingerprint density at radius 3 is 2.89 bits per heavy atom. The van der Waals surface area contributed by atoms with E-state index in [4.69, 9.17) is 10.8 Å². The normalized spacial score (nSPS) is 11.8. The maximum absolute atomic E-state index is 11.6. The molecule has 18 heavy (non-hydrogen) atoms. The van der Waals surface area contributed by atoms with Crippen LogP contribution in [0.25, 0.3) is 0 Å². The summed E-state index contributed by atoms with van der Waals surface area (Å²) >= 11 is 0. The van der Waals surface area contributed by atoms with Gasteiger partial charge < -0.3 is 16.2 Å². The lowest BCUT2D eigenvalue weighted by Crippen LogP contribution is -2.42. The maximum atomic E-state index is 11.6. The van der Waals surface area contributed by atoms with E-state index < -0.39 is 17.9 Å². The van der Waals surface area contributed by atoms with E-state index in [9.17, 15) is 9.59 Å². The van der Waals surface area contributed by atoms with E-state index in [2.05, 4.69) is 22.2 Å². The van der Waals surface area contributed by atoms with Gasteiger partial charge in [-0.25, -0.2) is 9.48 Å². The van der Waals surface area contributed by atoms with Crippen LogP contribution in [0.2, 0.25) is 0 Å². The molecule has 0 aliphatic rings. The summed E-state index contributed by atoms with van der Waals surface area (Å²) < 4.78 is 1.30. The Kier molecular flexibility index (Phi) is 5.00. The third-order valence-corrected chi connectivity index (χ3v) is 2.14. The highest BCUT2D eigenvalue weighted by Gasteiger charge is 2.18. The summed E-state index contributed by atoms with van der Waals surface area (Å²) in [5, 5.41) is 18.6. The van der Waals surface area contributed by atoms with Gasteiger partial charge in [-0.3, -0.25) is 4.79 Å². The van der Waals surface area contributed by atoms with Crippen LogP contribution >= 0.6 is 0 Å². The van der Waals surface area contributed by atoms with E-state index in [0.29, 0.717) is 5.69 Å². The number of hydrogen-bond acceptors (Lipinski definition) is 5. The zero-order valence-electron chi connectivity index (χ0n) is 9.74. The number of nitrogens with two attached hydrogens (primary N) is 1. The molecule has 1 aromatic heterocycles. The highest BCUT2D eigenvalue weighted by molar-refractivity contribution is 5.83. The van der Waals surface area contributed by atoms with Crippen molar-refractivity contribution in [3.63, 3.8) is 0 Å². The second kappa shape index (κ2) is 6.50. The van der Waals surface area contributed by atoms with Crippen molar-refractivity contribution in [1.29, 1.82) is 0 Å². The van der Waals surface area contributed by atoms with Gasteiger partial charge in [-0.2, -0.15) is 0 Å². The minimum atomic E-state index is -1.11. The Balaban J connectivity index is 2.54. The van der Waals surface area contributed by atoms with Crippen LogP contribution in [-0.4, -0.2) is 38.0 Å². The van der Waals surface area contributed by atoms with Crippen LogP contribution in [0.3, 0.4) is 0 Å². The molecule has 0 bridgehead atoms. The van der Waals surface area contributed by atoms with Gasteiger partial charge in [-0.1, -0.05) is 11.3 Å². The summed E-state index contributed by atoms with van der Waals surface area (Å²) in [7, 11) is 0. The van der Waals surface area contributed by atoms with Crippen molar-refractivity contribution in [2.75, 3.05) is 0 Å². The van der Waals surface area contributed by atoms with Crippen LogP contribution < -0.4 is 11.1 Å². The fourth-order valence-electron chi connectivity index (χ4n) is 1.28. The summed E-state index contributed by atoms with van der Waals surface area (Å²) in [6.07, 6.45) is 3.12. The number of carbonyl (C=O) groups excluding carboxylic acids is 1. The minimum Gasteiger partial charge on any atom is -0.480 e. The largest absolute Gasteiger partial charge is 0.480 e. The molecule has 0 saturated carbocycles. The number of carboxylic acid groups (broad SMARTS) is 1. The lowest BCUT2D eigenvalue weighted by atomic mass is 10.2. The van der Waals surface area contributed by atoms with E-state index in [0.717, 1.165) is 0 Å². The van der Waals surface area contributed by atoms with Gasteiger partial charge in [0.25, 0.3) is 0 Å². The van der Waals surface area contributed by atoms with E-state index >= 15 is 0 Å². The molecule has 0 saturated heterocycles. The number of nitrogens with one attached hydrogen (secondary N) is 1. The molecule has 4 N–H and O–H groups in total. The zero-order valence-corrected chi connectivity index (χ0v) is 9.74. The molecule has 1 amide bonds. The zero-order chi connectivity index (χ0) is 13.5. The summed E-state index contributed by atoms with van der Waals surface area (Å²) in [5.74, 6) is -1.57. The van der Waals surface area contributed by atoms with Gasteiger partial charge in [0.05, 0.1) is 11.9 Å². The first-order valence-corrected chi connectivity index (χ1v) is 5.29. The van der Waals surface area contributed by atoms with Crippen LogP contribution in [0, 0.1) is 0 Å². The average molecular weight is 253 g/mol. The number of amides is 1. The Morgan fingerprint density at radius 2 is 2.39 bits per heavy atom. The first-order valence-electron chi connectivity index (χ1n) is 5.29. The topological polar surface area (TPSA) is 123 Å². The number of nitrogens with zero attached hydrogens (tertiary/aromatic N) is 3. The van der Waals surface area contributed by atoms with Gasteiger partial charge in [-0.15, -0.1) is 11.7 Å². The van der Waals surface area contributed by atoms with Crippen molar-refractivity contribution in [2.45, 2.75) is 25.6 Å². The van der Waals surface area contributed by atoms with E-state index in [1.807, 2.05) is 0 Å². The molecule has 0 aliphatic carbocycles. The molecule has 8 nitrogen and oxygen atoms in total. The predicted octanol–water partition coefficient (Wildman–Crippen LogP) is -1.12.